The SMILES string of the molecule is CC(C)(C)c1csc(CC(=O)c2ccccc2Br)n1. The molecule has 0 bridgehead atoms. The molecule has 4 heteroatoms. The van der Waals surface area contributed by atoms with Gasteiger partial charge >= 0.3 is 0 Å². The maximum absolute atomic E-state index is 12.2. The van der Waals surface area contributed by atoms with Gasteiger partial charge < -0.3 is 0 Å². The van der Waals surface area contributed by atoms with Gasteiger partial charge in [-0.15, -0.1) is 11.3 Å². The quantitative estimate of drug-likeness (QED) is 0.764. The Balaban J connectivity index is 2.16. The second kappa shape index (κ2) is 5.55. The van der Waals surface area contributed by atoms with E-state index in [9.17, 15) is 4.79 Å². The fourth-order valence-electron chi connectivity index (χ4n) is 1.66. The van der Waals surface area contributed by atoms with E-state index in [1.807, 2.05) is 29.6 Å². The van der Waals surface area contributed by atoms with Gasteiger partial charge in [-0.25, -0.2) is 4.98 Å². The highest BCUT2D eigenvalue weighted by Gasteiger charge is 2.19. The topological polar surface area (TPSA) is 30.0 Å². The zero-order valence-electron chi connectivity index (χ0n) is 11.2. The molecule has 1 heterocycles. The second-order valence-corrected chi connectivity index (χ2v) is 7.25. The number of nitrogens with zero attached hydrogens (tertiary/aromatic N) is 1. The number of carbonyl (C=O) groups is 1. The summed E-state index contributed by atoms with van der Waals surface area (Å²) < 4.78 is 0.840. The van der Waals surface area contributed by atoms with Crippen LogP contribution in [-0.4, -0.2) is 10.8 Å². The molecular weight excluding hydrogens is 322 g/mol. The Hall–Kier alpha value is -1.000. The van der Waals surface area contributed by atoms with Crippen molar-refractivity contribution in [2.75, 3.05) is 0 Å². The van der Waals surface area contributed by atoms with Gasteiger partial charge in [0.25, 0.3) is 0 Å². The first-order valence-electron chi connectivity index (χ1n) is 6.10. The van der Waals surface area contributed by atoms with Crippen molar-refractivity contribution in [2.24, 2.45) is 0 Å². The van der Waals surface area contributed by atoms with Gasteiger partial charge in [0.1, 0.15) is 5.01 Å². The minimum absolute atomic E-state index is 0.0329. The molecule has 1 aromatic carbocycles. The number of Topliss-reactive ketones (excluding diaryl/α,β-unsaturated/α-hetero) is 1. The molecule has 0 radical (unpaired) electrons. The third-order valence-corrected chi connectivity index (χ3v) is 4.35. The molecule has 0 N–H and O–H groups in total. The molecule has 2 rings (SSSR count). The molecule has 0 aliphatic carbocycles. The van der Waals surface area contributed by atoms with Crippen molar-refractivity contribution in [3.05, 3.63) is 50.4 Å². The van der Waals surface area contributed by atoms with E-state index in [-0.39, 0.29) is 11.2 Å². The van der Waals surface area contributed by atoms with Crippen LogP contribution < -0.4 is 0 Å². The van der Waals surface area contributed by atoms with Crippen molar-refractivity contribution in [1.29, 1.82) is 0 Å². The first-order valence-corrected chi connectivity index (χ1v) is 7.78. The van der Waals surface area contributed by atoms with E-state index in [0.717, 1.165) is 20.7 Å². The van der Waals surface area contributed by atoms with Crippen LogP contribution in [0.25, 0.3) is 0 Å². The van der Waals surface area contributed by atoms with Crippen molar-refractivity contribution in [3.63, 3.8) is 0 Å². The highest BCUT2D eigenvalue weighted by Crippen LogP contribution is 2.25. The third kappa shape index (κ3) is 3.51. The summed E-state index contributed by atoms with van der Waals surface area (Å²) in [6.07, 6.45) is 0.364. The van der Waals surface area contributed by atoms with Gasteiger partial charge in [-0.1, -0.05) is 54.9 Å². The van der Waals surface area contributed by atoms with Crippen molar-refractivity contribution >= 4 is 33.0 Å². The number of halogens is 1. The van der Waals surface area contributed by atoms with E-state index in [4.69, 9.17) is 0 Å². The van der Waals surface area contributed by atoms with E-state index in [1.165, 1.54) is 0 Å². The van der Waals surface area contributed by atoms with Crippen LogP contribution in [0.4, 0.5) is 0 Å². The molecule has 0 aliphatic rings. The Labute approximate surface area is 126 Å². The molecule has 100 valence electrons. The maximum atomic E-state index is 12.2. The Morgan fingerprint density at radius 1 is 1.32 bits per heavy atom. The molecule has 0 saturated carbocycles. The summed E-state index contributed by atoms with van der Waals surface area (Å²) in [5.74, 6) is 0.0993. The molecule has 0 saturated heterocycles. The van der Waals surface area contributed by atoms with Gasteiger partial charge in [-0.3, -0.25) is 4.79 Å². The number of aromatic nitrogens is 1. The van der Waals surface area contributed by atoms with Gasteiger partial charge in [-0.2, -0.15) is 0 Å². The number of thiazole rings is 1. The Kier molecular flexibility index (Phi) is 4.21. The minimum atomic E-state index is 0.0329. The lowest BCUT2D eigenvalue weighted by Crippen LogP contribution is -2.12. The summed E-state index contributed by atoms with van der Waals surface area (Å²) >= 11 is 4.97. The normalized spacial score (nSPS) is 11.6. The van der Waals surface area contributed by atoms with Crippen molar-refractivity contribution in [2.45, 2.75) is 32.6 Å². The first kappa shape index (κ1) is 14.4. The molecule has 0 atom stereocenters. The molecule has 1 aromatic heterocycles. The van der Waals surface area contributed by atoms with E-state index in [0.29, 0.717) is 6.42 Å². The number of hydrogen-bond donors (Lipinski definition) is 0. The number of ketones is 1. The molecule has 2 nitrogen and oxygen atoms in total. The summed E-state index contributed by atoms with van der Waals surface area (Å²) in [5, 5.41) is 2.92. The van der Waals surface area contributed by atoms with E-state index >= 15 is 0 Å². The molecule has 0 fully saturated rings. The molecule has 2 aromatic rings. The molecule has 19 heavy (non-hydrogen) atoms. The Morgan fingerprint density at radius 2 is 2.00 bits per heavy atom. The number of rotatable bonds is 3. The van der Waals surface area contributed by atoms with Crippen molar-refractivity contribution < 1.29 is 4.79 Å². The second-order valence-electron chi connectivity index (χ2n) is 5.46. The molecule has 0 spiro atoms. The predicted molar refractivity (Wildman–Crippen MR) is 83.0 cm³/mol. The van der Waals surface area contributed by atoms with Crippen LogP contribution in [0.5, 0.6) is 0 Å². The van der Waals surface area contributed by atoms with Crippen LogP contribution in [0.3, 0.4) is 0 Å². The van der Waals surface area contributed by atoms with Crippen molar-refractivity contribution in [3.8, 4) is 0 Å². The molecular formula is C15H16BrNOS. The molecule has 0 aliphatic heterocycles. The lowest BCUT2D eigenvalue weighted by molar-refractivity contribution is 0.0992. The predicted octanol–water partition coefficient (Wildman–Crippen LogP) is 4.63. The van der Waals surface area contributed by atoms with Gasteiger partial charge in [0, 0.05) is 20.8 Å². The van der Waals surface area contributed by atoms with Gasteiger partial charge in [0.05, 0.1) is 12.1 Å². The van der Waals surface area contributed by atoms with Crippen molar-refractivity contribution in [1.82, 2.24) is 4.98 Å². The maximum Gasteiger partial charge on any atom is 0.170 e. The molecule has 0 unspecified atom stereocenters. The van der Waals surface area contributed by atoms with Crippen LogP contribution in [0, 0.1) is 0 Å². The highest BCUT2D eigenvalue weighted by atomic mass is 79.9. The lowest BCUT2D eigenvalue weighted by Gasteiger charge is -2.14. The summed E-state index contributed by atoms with van der Waals surface area (Å²) in [7, 11) is 0. The Morgan fingerprint density at radius 3 is 2.58 bits per heavy atom. The van der Waals surface area contributed by atoms with Gasteiger partial charge in [0.2, 0.25) is 0 Å². The standard InChI is InChI=1S/C15H16BrNOS/c1-15(2,3)13-9-19-14(17-13)8-12(18)10-6-4-5-7-11(10)16/h4-7,9H,8H2,1-3H3. The minimum Gasteiger partial charge on any atom is -0.294 e. The van der Waals surface area contributed by atoms with Crippen LogP contribution >= 0.6 is 27.3 Å². The van der Waals surface area contributed by atoms with Gasteiger partial charge in [-0.05, 0) is 6.07 Å². The number of carbonyl (C=O) groups excluding carboxylic acids is 1. The lowest BCUT2D eigenvalue weighted by atomic mass is 9.93. The Bertz CT molecular complexity index is 598. The zero-order valence-corrected chi connectivity index (χ0v) is 13.6. The third-order valence-electron chi connectivity index (χ3n) is 2.81. The van der Waals surface area contributed by atoms with Crippen LogP contribution in [0.15, 0.2) is 34.1 Å². The zero-order chi connectivity index (χ0) is 14.0. The fraction of sp³-hybridized carbons (Fsp3) is 0.333. The molecule has 0 amide bonds. The smallest absolute Gasteiger partial charge is 0.170 e. The monoisotopic (exact) mass is 337 g/mol. The summed E-state index contributed by atoms with van der Waals surface area (Å²) in [6, 6.07) is 7.50. The average Bonchev–Trinajstić information content (AvgIpc) is 2.77. The van der Waals surface area contributed by atoms with E-state index in [1.54, 1.807) is 11.3 Å². The largest absolute Gasteiger partial charge is 0.294 e. The van der Waals surface area contributed by atoms with Crippen LogP contribution in [0.2, 0.25) is 0 Å². The summed E-state index contributed by atoms with van der Waals surface area (Å²) in [6.45, 7) is 6.38. The van der Waals surface area contributed by atoms with Crippen LogP contribution in [-0.2, 0) is 11.8 Å². The number of benzene rings is 1. The average molecular weight is 338 g/mol. The summed E-state index contributed by atoms with van der Waals surface area (Å²) in [5.41, 5.74) is 1.80. The van der Waals surface area contributed by atoms with E-state index < -0.39 is 0 Å². The fourth-order valence-corrected chi connectivity index (χ4v) is 3.18. The number of hydrogen-bond acceptors (Lipinski definition) is 3. The van der Waals surface area contributed by atoms with Crippen LogP contribution in [0.1, 0.15) is 41.8 Å². The summed E-state index contributed by atoms with van der Waals surface area (Å²) in [4.78, 5) is 16.8. The first-order chi connectivity index (χ1) is 8.88. The van der Waals surface area contributed by atoms with Gasteiger partial charge in [0.15, 0.2) is 5.78 Å². The highest BCUT2D eigenvalue weighted by molar-refractivity contribution is 9.10. The van der Waals surface area contributed by atoms with E-state index in [2.05, 4.69) is 41.7 Å².